The van der Waals surface area contributed by atoms with E-state index in [0.717, 1.165) is 17.0 Å². The summed E-state index contributed by atoms with van der Waals surface area (Å²) in [5.41, 5.74) is 4.53. The lowest BCUT2D eigenvalue weighted by Crippen LogP contribution is -2.15. The zero-order chi connectivity index (χ0) is 14.5. The third-order valence-corrected chi connectivity index (χ3v) is 4.86. The monoisotopic (exact) mass is 305 g/mol. The first-order valence-corrected chi connectivity index (χ1v) is 8.57. The Bertz CT molecular complexity index is 604. The molecule has 0 fully saturated rings. The van der Waals surface area contributed by atoms with Crippen LogP contribution in [0.5, 0.6) is 0 Å². The minimum Gasteiger partial charge on any atom is -0.325 e. The highest BCUT2D eigenvalue weighted by molar-refractivity contribution is 7.99. The van der Waals surface area contributed by atoms with Crippen LogP contribution in [0, 0.1) is 20.8 Å². The van der Waals surface area contributed by atoms with Crippen molar-refractivity contribution in [2.75, 3.05) is 11.1 Å². The number of carbonyl (C=O) groups excluding carboxylic acids is 1. The molecule has 4 heteroatoms. The van der Waals surface area contributed by atoms with Gasteiger partial charge in [0.25, 0.3) is 0 Å². The maximum atomic E-state index is 11.9. The number of hydrogen-bond acceptors (Lipinski definition) is 3. The number of thiophene rings is 1. The molecule has 1 N–H and O–H groups in total. The standard InChI is InChI=1S/C16H19NOS2/c1-11-4-5-15(12(2)6-11)17-16(18)10-19-8-14-7-13(3)20-9-14/h4-7,9H,8,10H2,1-3H3,(H,17,18). The Labute approximate surface area is 128 Å². The molecule has 0 unspecified atom stereocenters. The summed E-state index contributed by atoms with van der Waals surface area (Å²) < 4.78 is 0. The zero-order valence-electron chi connectivity index (χ0n) is 12.0. The number of thioether (sulfide) groups is 1. The Kier molecular flexibility index (Phi) is 5.26. The molecule has 0 aliphatic carbocycles. The highest BCUT2D eigenvalue weighted by Gasteiger charge is 2.05. The maximum Gasteiger partial charge on any atom is 0.234 e. The molecule has 2 nitrogen and oxygen atoms in total. The highest BCUT2D eigenvalue weighted by atomic mass is 32.2. The fraction of sp³-hybridized carbons (Fsp3) is 0.312. The third-order valence-electron chi connectivity index (χ3n) is 2.94. The zero-order valence-corrected chi connectivity index (χ0v) is 13.7. The Morgan fingerprint density at radius 2 is 2.05 bits per heavy atom. The van der Waals surface area contributed by atoms with E-state index in [9.17, 15) is 4.79 Å². The summed E-state index contributed by atoms with van der Waals surface area (Å²) in [4.78, 5) is 13.2. The van der Waals surface area contributed by atoms with E-state index in [1.54, 1.807) is 23.1 Å². The molecule has 0 aliphatic rings. The first-order chi connectivity index (χ1) is 9.54. The van der Waals surface area contributed by atoms with Gasteiger partial charge in [0.15, 0.2) is 0 Å². The number of hydrogen-bond donors (Lipinski definition) is 1. The third kappa shape index (κ3) is 4.39. The maximum absolute atomic E-state index is 11.9. The average molecular weight is 305 g/mol. The van der Waals surface area contributed by atoms with E-state index in [0.29, 0.717) is 5.75 Å². The Hall–Kier alpha value is -1.26. The van der Waals surface area contributed by atoms with Crippen molar-refractivity contribution in [3.63, 3.8) is 0 Å². The molecule has 2 aromatic rings. The number of anilines is 1. The van der Waals surface area contributed by atoms with E-state index in [1.807, 2.05) is 19.1 Å². The number of nitrogens with one attached hydrogen (secondary N) is 1. The van der Waals surface area contributed by atoms with E-state index in [2.05, 4.69) is 36.7 Å². The summed E-state index contributed by atoms with van der Waals surface area (Å²) >= 11 is 3.41. The van der Waals surface area contributed by atoms with Crippen molar-refractivity contribution in [1.82, 2.24) is 0 Å². The quantitative estimate of drug-likeness (QED) is 0.878. The van der Waals surface area contributed by atoms with Gasteiger partial charge in [0.05, 0.1) is 5.75 Å². The van der Waals surface area contributed by atoms with Gasteiger partial charge in [-0.3, -0.25) is 4.79 Å². The van der Waals surface area contributed by atoms with Crippen LogP contribution < -0.4 is 5.32 Å². The van der Waals surface area contributed by atoms with Crippen molar-refractivity contribution in [1.29, 1.82) is 0 Å². The second kappa shape index (κ2) is 6.95. The van der Waals surface area contributed by atoms with Crippen molar-refractivity contribution < 1.29 is 4.79 Å². The van der Waals surface area contributed by atoms with Gasteiger partial charge in [-0.15, -0.1) is 23.1 Å². The van der Waals surface area contributed by atoms with Crippen LogP contribution in [0.2, 0.25) is 0 Å². The van der Waals surface area contributed by atoms with Gasteiger partial charge in [-0.05, 0) is 49.4 Å². The van der Waals surface area contributed by atoms with Gasteiger partial charge >= 0.3 is 0 Å². The lowest BCUT2D eigenvalue weighted by molar-refractivity contribution is -0.113. The Morgan fingerprint density at radius 1 is 1.25 bits per heavy atom. The molecule has 0 spiro atoms. The van der Waals surface area contributed by atoms with Crippen LogP contribution in [0.15, 0.2) is 29.6 Å². The fourth-order valence-electron chi connectivity index (χ4n) is 1.98. The molecule has 20 heavy (non-hydrogen) atoms. The highest BCUT2D eigenvalue weighted by Crippen LogP contribution is 2.20. The molecule has 1 aromatic heterocycles. The number of amides is 1. The first kappa shape index (κ1) is 15.1. The van der Waals surface area contributed by atoms with Crippen molar-refractivity contribution in [3.8, 4) is 0 Å². The normalized spacial score (nSPS) is 10.6. The summed E-state index contributed by atoms with van der Waals surface area (Å²) in [6, 6.07) is 8.25. The average Bonchev–Trinajstić information content (AvgIpc) is 2.79. The molecule has 2 rings (SSSR count). The van der Waals surface area contributed by atoms with Gasteiger partial charge in [-0.2, -0.15) is 0 Å². The Balaban J connectivity index is 1.80. The summed E-state index contributed by atoms with van der Waals surface area (Å²) in [6.45, 7) is 6.17. The topological polar surface area (TPSA) is 29.1 Å². The van der Waals surface area contributed by atoms with Crippen LogP contribution in [0.25, 0.3) is 0 Å². The van der Waals surface area contributed by atoms with E-state index in [1.165, 1.54) is 16.0 Å². The number of rotatable bonds is 5. The van der Waals surface area contributed by atoms with Gasteiger partial charge in [0.2, 0.25) is 5.91 Å². The lowest BCUT2D eigenvalue weighted by atomic mass is 10.1. The molecule has 0 saturated carbocycles. The molecule has 0 bridgehead atoms. The molecule has 1 heterocycles. The minimum atomic E-state index is 0.0638. The van der Waals surface area contributed by atoms with Crippen LogP contribution in [-0.2, 0) is 10.5 Å². The molecule has 0 radical (unpaired) electrons. The van der Waals surface area contributed by atoms with E-state index in [4.69, 9.17) is 0 Å². The van der Waals surface area contributed by atoms with Gasteiger partial charge in [-0.25, -0.2) is 0 Å². The number of benzene rings is 1. The molecular formula is C16H19NOS2. The van der Waals surface area contributed by atoms with Crippen molar-refractivity contribution >= 4 is 34.7 Å². The van der Waals surface area contributed by atoms with Crippen molar-refractivity contribution in [2.24, 2.45) is 0 Å². The molecule has 0 saturated heterocycles. The molecule has 0 atom stereocenters. The van der Waals surface area contributed by atoms with Crippen LogP contribution >= 0.6 is 23.1 Å². The summed E-state index contributed by atoms with van der Waals surface area (Å²) in [5, 5.41) is 5.13. The second-order valence-corrected chi connectivity index (χ2v) is 7.03. The lowest BCUT2D eigenvalue weighted by Gasteiger charge is -2.08. The van der Waals surface area contributed by atoms with E-state index < -0.39 is 0 Å². The summed E-state index contributed by atoms with van der Waals surface area (Å²) in [7, 11) is 0. The van der Waals surface area contributed by atoms with Gasteiger partial charge in [0.1, 0.15) is 0 Å². The summed E-state index contributed by atoms with van der Waals surface area (Å²) in [6.07, 6.45) is 0. The van der Waals surface area contributed by atoms with Gasteiger partial charge in [0, 0.05) is 16.3 Å². The fourth-order valence-corrected chi connectivity index (χ4v) is 3.55. The molecule has 1 amide bonds. The number of carbonyl (C=O) groups is 1. The van der Waals surface area contributed by atoms with E-state index in [-0.39, 0.29) is 5.91 Å². The van der Waals surface area contributed by atoms with Crippen molar-refractivity contribution in [3.05, 3.63) is 51.2 Å². The molecule has 1 aromatic carbocycles. The van der Waals surface area contributed by atoms with Crippen LogP contribution in [0.4, 0.5) is 5.69 Å². The van der Waals surface area contributed by atoms with Crippen LogP contribution in [0.3, 0.4) is 0 Å². The van der Waals surface area contributed by atoms with Gasteiger partial charge < -0.3 is 5.32 Å². The SMILES string of the molecule is Cc1ccc(NC(=O)CSCc2csc(C)c2)c(C)c1. The predicted octanol–water partition coefficient (Wildman–Crippen LogP) is 4.55. The number of aryl methyl sites for hydroxylation is 3. The molecule has 106 valence electrons. The van der Waals surface area contributed by atoms with Crippen LogP contribution in [-0.4, -0.2) is 11.7 Å². The Morgan fingerprint density at radius 3 is 2.70 bits per heavy atom. The van der Waals surface area contributed by atoms with Crippen molar-refractivity contribution in [2.45, 2.75) is 26.5 Å². The first-order valence-electron chi connectivity index (χ1n) is 6.53. The smallest absolute Gasteiger partial charge is 0.234 e. The second-order valence-electron chi connectivity index (χ2n) is 4.92. The minimum absolute atomic E-state index is 0.0638. The molecule has 0 aliphatic heterocycles. The van der Waals surface area contributed by atoms with Gasteiger partial charge in [-0.1, -0.05) is 17.7 Å². The van der Waals surface area contributed by atoms with Crippen LogP contribution in [0.1, 0.15) is 21.6 Å². The summed E-state index contributed by atoms with van der Waals surface area (Å²) in [5.74, 6) is 1.45. The largest absolute Gasteiger partial charge is 0.325 e. The predicted molar refractivity (Wildman–Crippen MR) is 89.8 cm³/mol. The van der Waals surface area contributed by atoms with E-state index >= 15 is 0 Å². The molecular weight excluding hydrogens is 286 g/mol.